The predicted octanol–water partition coefficient (Wildman–Crippen LogP) is 4.04. The van der Waals surface area contributed by atoms with Gasteiger partial charge in [-0.1, -0.05) is 42.0 Å². The third-order valence-corrected chi connectivity index (χ3v) is 3.72. The molecule has 0 aromatic heterocycles. The summed E-state index contributed by atoms with van der Waals surface area (Å²) in [6, 6.07) is 0. The molecule has 1 radical (unpaired) electrons. The second-order valence-electron chi connectivity index (χ2n) is 3.87. The number of fused-ring (bicyclic) bond motifs is 1. The highest BCUT2D eigenvalue weighted by atomic mass is 32.2. The fraction of sp³-hybridized carbons (Fsp3) is 0.308. The van der Waals surface area contributed by atoms with Crippen LogP contribution in [0.4, 0.5) is 0 Å². The largest absolute Gasteiger partial charge is 0.118 e. The zero-order valence-corrected chi connectivity index (χ0v) is 9.31. The average Bonchev–Trinajstić information content (AvgIpc) is 2.17. The molecule has 14 heavy (non-hydrogen) atoms. The van der Waals surface area contributed by atoms with Crippen molar-refractivity contribution >= 4 is 11.8 Å². The van der Waals surface area contributed by atoms with Gasteiger partial charge in [0.1, 0.15) is 0 Å². The fourth-order valence-electron chi connectivity index (χ4n) is 1.72. The highest BCUT2D eigenvalue weighted by Crippen LogP contribution is 2.39. The van der Waals surface area contributed by atoms with Crippen molar-refractivity contribution in [2.45, 2.75) is 25.0 Å². The summed E-state index contributed by atoms with van der Waals surface area (Å²) >= 11 is 1.97. The smallest absolute Gasteiger partial charge is 0.0484 e. The van der Waals surface area contributed by atoms with Gasteiger partial charge in [-0.15, -0.1) is 11.8 Å². The molecular weight excluding hydrogens is 188 g/mol. The van der Waals surface area contributed by atoms with Crippen LogP contribution < -0.4 is 0 Å². The van der Waals surface area contributed by atoms with Crippen LogP contribution in [0.15, 0.2) is 46.9 Å². The monoisotopic (exact) mass is 203 g/mol. The predicted molar refractivity (Wildman–Crippen MR) is 65.0 cm³/mol. The fourth-order valence-corrected chi connectivity index (χ4v) is 3.05. The lowest BCUT2D eigenvalue weighted by Crippen LogP contribution is -2.10. The molecule has 0 N–H and O–H groups in total. The van der Waals surface area contributed by atoms with E-state index in [4.69, 9.17) is 0 Å². The van der Waals surface area contributed by atoms with Gasteiger partial charge in [-0.25, -0.2) is 0 Å². The highest BCUT2D eigenvalue weighted by molar-refractivity contribution is 8.04. The minimum atomic E-state index is 0.583. The molecule has 0 saturated heterocycles. The molecule has 1 aliphatic carbocycles. The minimum Gasteiger partial charge on any atom is -0.118 e. The summed E-state index contributed by atoms with van der Waals surface area (Å²) in [7, 11) is 0. The van der Waals surface area contributed by atoms with Crippen LogP contribution in [0.25, 0.3) is 0 Å². The maximum atomic E-state index is 3.96. The second-order valence-corrected chi connectivity index (χ2v) is 5.13. The van der Waals surface area contributed by atoms with Crippen LogP contribution in [0.3, 0.4) is 0 Å². The van der Waals surface area contributed by atoms with E-state index >= 15 is 0 Å². The van der Waals surface area contributed by atoms with Crippen molar-refractivity contribution in [3.63, 3.8) is 0 Å². The van der Waals surface area contributed by atoms with Crippen LogP contribution >= 0.6 is 11.8 Å². The molecule has 0 nitrogen and oxygen atoms in total. The molecule has 0 spiro atoms. The lowest BCUT2D eigenvalue weighted by atomic mass is 10.0. The molecule has 2 rings (SSSR count). The first-order chi connectivity index (χ1) is 6.75. The van der Waals surface area contributed by atoms with E-state index in [1.165, 1.54) is 16.1 Å². The van der Waals surface area contributed by atoms with Crippen molar-refractivity contribution < 1.29 is 0 Å². The van der Waals surface area contributed by atoms with Crippen molar-refractivity contribution in [3.8, 4) is 0 Å². The van der Waals surface area contributed by atoms with E-state index in [0.29, 0.717) is 5.25 Å². The van der Waals surface area contributed by atoms with E-state index in [-0.39, 0.29) is 0 Å². The lowest BCUT2D eigenvalue weighted by molar-refractivity contribution is 1.06. The van der Waals surface area contributed by atoms with Gasteiger partial charge in [-0.05, 0) is 24.7 Å². The standard InChI is InChI=1S/C13H15S/c1-10(2)9-12-8-7-11-5-3-4-6-13(11)14-12/h3-6,8,13H,1,7,9H2,2H3. The molecule has 0 bridgehead atoms. The van der Waals surface area contributed by atoms with Crippen molar-refractivity contribution in [3.05, 3.63) is 53.4 Å². The first-order valence-electron chi connectivity index (χ1n) is 4.96. The summed E-state index contributed by atoms with van der Waals surface area (Å²) in [6.07, 6.45) is 13.3. The van der Waals surface area contributed by atoms with E-state index in [2.05, 4.69) is 44.2 Å². The van der Waals surface area contributed by atoms with Gasteiger partial charge in [0, 0.05) is 11.7 Å². The molecule has 2 aliphatic rings. The van der Waals surface area contributed by atoms with Gasteiger partial charge >= 0.3 is 0 Å². The van der Waals surface area contributed by atoms with E-state index in [9.17, 15) is 0 Å². The van der Waals surface area contributed by atoms with Crippen molar-refractivity contribution in [2.75, 3.05) is 0 Å². The molecule has 1 aliphatic heterocycles. The topological polar surface area (TPSA) is 0 Å². The van der Waals surface area contributed by atoms with E-state index in [1.807, 2.05) is 11.8 Å². The summed E-state index contributed by atoms with van der Waals surface area (Å²) in [4.78, 5) is 1.48. The maximum absolute atomic E-state index is 3.96. The Balaban J connectivity index is 2.08. The summed E-state index contributed by atoms with van der Waals surface area (Å²) < 4.78 is 0. The number of hydrogen-bond donors (Lipinski definition) is 0. The first-order valence-corrected chi connectivity index (χ1v) is 5.84. The third-order valence-electron chi connectivity index (χ3n) is 2.39. The summed E-state index contributed by atoms with van der Waals surface area (Å²) in [5, 5.41) is 0.583. The zero-order valence-electron chi connectivity index (χ0n) is 8.49. The number of allylic oxidation sites excluding steroid dienone is 5. The van der Waals surface area contributed by atoms with Crippen LogP contribution in [0.1, 0.15) is 19.8 Å². The average molecular weight is 203 g/mol. The molecular formula is C13H15S. The van der Waals surface area contributed by atoms with E-state index < -0.39 is 0 Å². The van der Waals surface area contributed by atoms with Gasteiger partial charge in [0.25, 0.3) is 0 Å². The van der Waals surface area contributed by atoms with Crippen LogP contribution in [-0.4, -0.2) is 5.25 Å². The molecule has 73 valence electrons. The van der Waals surface area contributed by atoms with Gasteiger partial charge in [0.05, 0.1) is 0 Å². The van der Waals surface area contributed by atoms with Gasteiger partial charge in [-0.2, -0.15) is 0 Å². The van der Waals surface area contributed by atoms with E-state index in [0.717, 1.165) is 12.8 Å². The van der Waals surface area contributed by atoms with E-state index in [1.54, 1.807) is 0 Å². The van der Waals surface area contributed by atoms with Gasteiger partial charge in [0.15, 0.2) is 0 Å². The molecule has 1 heteroatoms. The molecule has 0 saturated carbocycles. The first kappa shape index (κ1) is 9.85. The maximum Gasteiger partial charge on any atom is 0.0484 e. The van der Waals surface area contributed by atoms with Crippen LogP contribution in [0.5, 0.6) is 0 Å². The van der Waals surface area contributed by atoms with Gasteiger partial charge in [0.2, 0.25) is 0 Å². The quantitative estimate of drug-likeness (QED) is 0.610. The molecule has 0 aromatic carbocycles. The Kier molecular flexibility index (Phi) is 2.97. The highest BCUT2D eigenvalue weighted by Gasteiger charge is 2.19. The minimum absolute atomic E-state index is 0.583. The summed E-state index contributed by atoms with van der Waals surface area (Å²) in [5.41, 5.74) is 2.78. The van der Waals surface area contributed by atoms with Crippen LogP contribution in [0, 0.1) is 6.42 Å². The molecule has 1 heterocycles. The lowest BCUT2D eigenvalue weighted by Gasteiger charge is -2.25. The van der Waals surface area contributed by atoms with Crippen molar-refractivity contribution in [1.82, 2.24) is 0 Å². The Bertz CT molecular complexity index is 331. The van der Waals surface area contributed by atoms with Crippen LogP contribution in [-0.2, 0) is 0 Å². The third kappa shape index (κ3) is 2.21. The zero-order chi connectivity index (χ0) is 9.97. The molecule has 0 amide bonds. The van der Waals surface area contributed by atoms with Crippen molar-refractivity contribution in [1.29, 1.82) is 0 Å². The number of hydrogen-bond acceptors (Lipinski definition) is 1. The molecule has 1 unspecified atom stereocenters. The summed E-state index contributed by atoms with van der Waals surface area (Å²) in [5.74, 6) is 0. The molecule has 1 atom stereocenters. The van der Waals surface area contributed by atoms with Gasteiger partial charge in [-0.3, -0.25) is 0 Å². The second kappa shape index (κ2) is 4.22. The Labute approximate surface area is 90.5 Å². The Hall–Kier alpha value is -0.690. The molecule has 0 fully saturated rings. The number of rotatable bonds is 2. The normalized spacial score (nSPS) is 25.1. The SMILES string of the molecule is C=C(C)CC1=CCC2=C[CH]C=CC2S1. The molecule has 0 aromatic rings. The Morgan fingerprint density at radius 1 is 1.64 bits per heavy atom. The number of thioether (sulfide) groups is 1. The van der Waals surface area contributed by atoms with Gasteiger partial charge < -0.3 is 0 Å². The summed E-state index contributed by atoms with van der Waals surface area (Å²) in [6.45, 7) is 6.05. The Morgan fingerprint density at radius 3 is 3.29 bits per heavy atom. The Morgan fingerprint density at radius 2 is 2.50 bits per heavy atom. The van der Waals surface area contributed by atoms with Crippen LogP contribution in [0.2, 0.25) is 0 Å². The van der Waals surface area contributed by atoms with Crippen molar-refractivity contribution in [2.24, 2.45) is 0 Å².